The maximum atomic E-state index is 14.2. The normalized spacial score (nSPS) is 16.5. The Morgan fingerprint density at radius 1 is 1.11 bits per heavy atom. The molecule has 1 aliphatic heterocycles. The predicted molar refractivity (Wildman–Crippen MR) is 174 cm³/mol. The Balaban J connectivity index is 1.44. The second-order valence-corrected chi connectivity index (χ2v) is 13.4. The zero-order valence-electron chi connectivity index (χ0n) is 26.3. The number of amides is 1. The number of rotatable bonds is 10. The topological polar surface area (TPSA) is 131 Å². The monoisotopic (exact) mass is 662 g/mol. The van der Waals surface area contributed by atoms with Crippen molar-refractivity contribution in [1.29, 1.82) is 0 Å². The van der Waals surface area contributed by atoms with E-state index in [0.29, 0.717) is 53.9 Å². The number of quaternary nitrogens is 1. The molecular weight excluding hydrogens is 623 g/mol. The molecule has 1 aromatic carbocycles. The van der Waals surface area contributed by atoms with Crippen LogP contribution in [0.1, 0.15) is 40.0 Å². The number of pyridine rings is 1. The van der Waals surface area contributed by atoms with E-state index in [0.717, 1.165) is 6.54 Å². The van der Waals surface area contributed by atoms with Crippen LogP contribution in [0.3, 0.4) is 0 Å². The summed E-state index contributed by atoms with van der Waals surface area (Å²) in [4.78, 5) is 37.5. The van der Waals surface area contributed by atoms with Gasteiger partial charge in [-0.3, -0.25) is 14.3 Å². The second-order valence-electron chi connectivity index (χ2n) is 12.6. The van der Waals surface area contributed by atoms with Crippen molar-refractivity contribution in [2.24, 2.45) is 5.92 Å². The van der Waals surface area contributed by atoms with Crippen LogP contribution in [-0.2, 0) is 11.3 Å². The average Bonchev–Trinajstić information content (AvgIpc) is 3.82. The molecule has 1 saturated heterocycles. The molecule has 2 aliphatic rings. The number of aryl methyl sites for hydroxylation is 1. The number of anilines is 1. The van der Waals surface area contributed by atoms with E-state index in [1.54, 1.807) is 27.8 Å². The minimum absolute atomic E-state index is 0.168. The first kappa shape index (κ1) is 33.1. The minimum Gasteiger partial charge on any atom is -0.633 e. The molecule has 45 heavy (non-hydrogen) atoms. The van der Waals surface area contributed by atoms with Gasteiger partial charge in [-0.05, 0) is 45.6 Å². The summed E-state index contributed by atoms with van der Waals surface area (Å²) in [5, 5.41) is 17.8. The quantitative estimate of drug-likeness (QED) is 0.219. The Labute approximate surface area is 272 Å². The lowest BCUT2D eigenvalue weighted by Gasteiger charge is -2.48. The van der Waals surface area contributed by atoms with E-state index in [1.807, 2.05) is 20.8 Å². The van der Waals surface area contributed by atoms with Gasteiger partial charge in [0.25, 0.3) is 5.56 Å². The predicted octanol–water partition coefficient (Wildman–Crippen LogP) is 5.56. The molecule has 5 rings (SSSR count). The number of hydrogen-bond donors (Lipinski definition) is 1. The van der Waals surface area contributed by atoms with E-state index in [2.05, 4.69) is 10.3 Å². The van der Waals surface area contributed by atoms with Crippen molar-refractivity contribution in [3.63, 3.8) is 0 Å². The highest BCUT2D eigenvalue weighted by Gasteiger charge is 2.31. The highest BCUT2D eigenvalue weighted by molar-refractivity contribution is 6.41. The maximum Gasteiger partial charge on any atom is 0.410 e. The number of piperazine rings is 1. The molecule has 0 spiro atoms. The molecule has 0 unspecified atom stereocenters. The molecule has 0 atom stereocenters. The van der Waals surface area contributed by atoms with Gasteiger partial charge in [0.2, 0.25) is 5.95 Å². The van der Waals surface area contributed by atoms with Gasteiger partial charge >= 0.3 is 6.09 Å². The van der Waals surface area contributed by atoms with Crippen LogP contribution >= 0.6 is 23.2 Å². The van der Waals surface area contributed by atoms with Crippen LogP contribution < -0.4 is 20.3 Å². The van der Waals surface area contributed by atoms with Crippen molar-refractivity contribution in [2.75, 3.05) is 58.8 Å². The third-order valence-electron chi connectivity index (χ3n) is 8.07. The molecule has 1 saturated carbocycles. The van der Waals surface area contributed by atoms with Crippen molar-refractivity contribution in [3.05, 3.63) is 43.9 Å². The first-order chi connectivity index (χ1) is 21.3. The summed E-state index contributed by atoms with van der Waals surface area (Å²) in [6.07, 6.45) is 3.98. The van der Waals surface area contributed by atoms with Crippen LogP contribution in [0, 0.1) is 11.1 Å². The van der Waals surface area contributed by atoms with Crippen LogP contribution in [0.5, 0.6) is 11.5 Å². The number of halogens is 2. The van der Waals surface area contributed by atoms with Crippen molar-refractivity contribution in [3.8, 4) is 22.6 Å². The highest BCUT2D eigenvalue weighted by Crippen LogP contribution is 2.45. The molecule has 2 aromatic heterocycles. The van der Waals surface area contributed by atoms with E-state index in [9.17, 15) is 14.8 Å². The van der Waals surface area contributed by atoms with Gasteiger partial charge in [0.05, 0.1) is 62.6 Å². The van der Waals surface area contributed by atoms with Gasteiger partial charge in [0, 0.05) is 42.7 Å². The number of carbonyl (C=O) groups is 1. The molecule has 2 fully saturated rings. The summed E-state index contributed by atoms with van der Waals surface area (Å²) in [6.45, 7) is 7.75. The van der Waals surface area contributed by atoms with E-state index in [4.69, 9.17) is 42.4 Å². The summed E-state index contributed by atoms with van der Waals surface area (Å²) >= 11 is 13.4. The van der Waals surface area contributed by atoms with Gasteiger partial charge in [0.15, 0.2) is 0 Å². The number of nitrogens with zero attached hydrogens (tertiary/aromatic N) is 5. The molecule has 1 amide bonds. The summed E-state index contributed by atoms with van der Waals surface area (Å²) in [6, 6.07) is 3.23. The number of hydrogen-bond acceptors (Lipinski definition) is 9. The lowest BCUT2D eigenvalue weighted by atomic mass is 10.0. The van der Waals surface area contributed by atoms with Crippen LogP contribution in [0.15, 0.2) is 23.1 Å². The number of carbonyl (C=O) groups excluding carboxylic acids is 1. The SMILES string of the molecule is COc1cc(OC)c(Cl)c(-c2cc3cnc(NCC4CC4)nc3n(CCC[N+]3([O-])CCN(C(=O)OC(C)(C)C)CC3)c2=O)c1Cl. The Hall–Kier alpha value is -3.32. The van der Waals surface area contributed by atoms with Gasteiger partial charge in [-0.25, -0.2) is 9.78 Å². The zero-order valence-corrected chi connectivity index (χ0v) is 27.8. The summed E-state index contributed by atoms with van der Waals surface area (Å²) in [5.74, 6) is 1.64. The smallest absolute Gasteiger partial charge is 0.410 e. The van der Waals surface area contributed by atoms with Crippen molar-refractivity contribution in [1.82, 2.24) is 19.4 Å². The summed E-state index contributed by atoms with van der Waals surface area (Å²) < 4.78 is 17.4. The number of hydroxylamine groups is 3. The highest BCUT2D eigenvalue weighted by atomic mass is 35.5. The zero-order chi connectivity index (χ0) is 32.5. The Kier molecular flexibility index (Phi) is 9.69. The first-order valence-electron chi connectivity index (χ1n) is 15.1. The van der Waals surface area contributed by atoms with Crippen LogP contribution in [-0.4, -0.2) is 89.3 Å². The van der Waals surface area contributed by atoms with Crippen molar-refractivity contribution >= 4 is 46.3 Å². The maximum absolute atomic E-state index is 14.2. The lowest BCUT2D eigenvalue weighted by Crippen LogP contribution is -2.58. The first-order valence-corrected chi connectivity index (χ1v) is 15.9. The number of ether oxygens (including phenoxy) is 3. The van der Waals surface area contributed by atoms with Crippen LogP contribution in [0.2, 0.25) is 10.0 Å². The molecule has 0 bridgehead atoms. The summed E-state index contributed by atoms with van der Waals surface area (Å²) in [5.41, 5.74) is -0.0400. The largest absolute Gasteiger partial charge is 0.633 e. The van der Waals surface area contributed by atoms with Gasteiger partial charge in [-0.2, -0.15) is 4.98 Å². The van der Waals surface area contributed by atoms with Crippen LogP contribution in [0.4, 0.5) is 10.7 Å². The molecule has 1 aliphatic carbocycles. The minimum atomic E-state index is -0.607. The molecule has 0 radical (unpaired) electrons. The van der Waals surface area contributed by atoms with Gasteiger partial charge < -0.3 is 29.4 Å². The van der Waals surface area contributed by atoms with Gasteiger partial charge in [0.1, 0.15) is 22.7 Å². The Morgan fingerprint density at radius 2 is 1.76 bits per heavy atom. The molecule has 12 nitrogen and oxygen atoms in total. The number of benzene rings is 1. The number of nitrogens with one attached hydrogen (secondary N) is 1. The second kappa shape index (κ2) is 13.2. The summed E-state index contributed by atoms with van der Waals surface area (Å²) in [7, 11) is 2.94. The molecule has 3 aromatic rings. The van der Waals surface area contributed by atoms with E-state index >= 15 is 0 Å². The number of aromatic nitrogens is 3. The third-order valence-corrected chi connectivity index (χ3v) is 8.82. The molecule has 1 N–H and O–H groups in total. The molecule has 3 heterocycles. The van der Waals surface area contributed by atoms with Crippen LogP contribution in [0.25, 0.3) is 22.2 Å². The van der Waals surface area contributed by atoms with E-state index in [1.165, 1.54) is 27.1 Å². The Morgan fingerprint density at radius 3 is 2.33 bits per heavy atom. The third kappa shape index (κ3) is 7.57. The van der Waals surface area contributed by atoms with Crippen molar-refractivity contribution < 1.29 is 23.7 Å². The average molecular weight is 664 g/mol. The fraction of sp³-hybridized carbons (Fsp3) is 0.548. The fourth-order valence-corrected chi connectivity index (χ4v) is 6.09. The standard InChI is InChI=1S/C31H40Cl2N6O6/c1-31(2,3)45-30(41)37-10-13-39(42,14-11-37)12-6-9-38-27-20(18-35-29(36-27)34-17-19-7-8-19)15-21(28(38)40)24-25(32)22(43-4)16-23(44-5)26(24)33/h15-16,18-19H,6-14,17H2,1-5H3,(H,34,35,36). The van der Waals surface area contributed by atoms with Gasteiger partial charge in [-0.15, -0.1) is 0 Å². The fourth-order valence-electron chi connectivity index (χ4n) is 5.39. The van der Waals surface area contributed by atoms with Crippen molar-refractivity contribution in [2.45, 2.75) is 52.2 Å². The molecule has 244 valence electrons. The van der Waals surface area contributed by atoms with Gasteiger partial charge in [-0.1, -0.05) is 23.2 Å². The molecule has 14 heteroatoms. The number of fused-ring (bicyclic) bond motifs is 1. The number of methoxy groups -OCH3 is 2. The van der Waals surface area contributed by atoms with E-state index in [-0.39, 0.29) is 52.9 Å². The lowest BCUT2D eigenvalue weighted by molar-refractivity contribution is -0.884. The van der Waals surface area contributed by atoms with E-state index < -0.39 is 16.3 Å². The molecular formula is C31H40Cl2N6O6. The Bertz CT molecular complexity index is 1600.